The first-order valence-corrected chi connectivity index (χ1v) is 9.16. The molecule has 1 atom stereocenters. The average Bonchev–Trinajstić information content (AvgIpc) is 2.93. The van der Waals surface area contributed by atoms with Crippen molar-refractivity contribution >= 4 is 12.1 Å². The molecule has 1 heterocycles. The van der Waals surface area contributed by atoms with E-state index in [0.717, 1.165) is 25.8 Å². The van der Waals surface area contributed by atoms with Gasteiger partial charge < -0.3 is 15.6 Å². The van der Waals surface area contributed by atoms with E-state index >= 15 is 0 Å². The lowest BCUT2D eigenvalue weighted by Crippen LogP contribution is -2.31. The second-order valence-corrected chi connectivity index (χ2v) is 7.53. The zero-order valence-corrected chi connectivity index (χ0v) is 16.0. The zero-order chi connectivity index (χ0) is 18.6. The van der Waals surface area contributed by atoms with Crippen LogP contribution in [0.25, 0.3) is 0 Å². The molecule has 0 aliphatic carbocycles. The van der Waals surface area contributed by atoms with Crippen LogP contribution in [0.5, 0.6) is 0 Å². The van der Waals surface area contributed by atoms with Gasteiger partial charge in [0, 0.05) is 12.9 Å². The number of rotatable bonds is 8. The lowest BCUT2D eigenvalue weighted by molar-refractivity contribution is -0.111. The van der Waals surface area contributed by atoms with Crippen LogP contribution in [0.3, 0.4) is 0 Å². The number of hydrogen-bond donors (Lipinski definition) is 3. The van der Waals surface area contributed by atoms with Crippen LogP contribution < -0.4 is 5.73 Å². The Balaban J connectivity index is 0. The molecule has 5 heteroatoms. The Hall–Kier alpha value is -1.36. The Morgan fingerprint density at radius 2 is 1.96 bits per heavy atom. The lowest BCUT2D eigenvalue weighted by atomic mass is 9.93. The van der Waals surface area contributed by atoms with Crippen LogP contribution in [0.1, 0.15) is 74.1 Å². The number of unbranched alkanes of at least 4 members (excludes halogenated alkanes) is 4. The van der Waals surface area contributed by atoms with Crippen molar-refractivity contribution < 1.29 is 11.3 Å². The third kappa shape index (κ3) is 10.4. The first-order valence-electron chi connectivity index (χ1n) is 9.16. The van der Waals surface area contributed by atoms with Gasteiger partial charge >= 0.3 is 0 Å². The Kier molecular flexibility index (Phi) is 11.4. The minimum Gasteiger partial charge on any atom is -0.512 e. The number of nitrogens with one attached hydrogen (secondary N) is 1. The van der Waals surface area contributed by atoms with Gasteiger partial charge in [0.05, 0.1) is 6.04 Å². The lowest BCUT2D eigenvalue weighted by Gasteiger charge is -2.19. The van der Waals surface area contributed by atoms with Crippen LogP contribution in [-0.2, 0) is 4.79 Å². The molecular formula is C19H39N3O2. The topological polar surface area (TPSA) is 90.4 Å². The van der Waals surface area contributed by atoms with Crippen molar-refractivity contribution in [3.8, 4) is 0 Å². The van der Waals surface area contributed by atoms with Gasteiger partial charge in [-0.15, -0.1) is 0 Å². The van der Waals surface area contributed by atoms with Gasteiger partial charge in [0.2, 0.25) is 0 Å². The third-order valence-corrected chi connectivity index (χ3v) is 4.18. The van der Waals surface area contributed by atoms with E-state index in [0.29, 0.717) is 0 Å². The normalized spacial score (nSPS) is 18.8. The highest BCUT2D eigenvalue weighted by molar-refractivity contribution is 5.88. The van der Waals surface area contributed by atoms with Gasteiger partial charge in [0.25, 0.3) is 0 Å². The summed E-state index contributed by atoms with van der Waals surface area (Å²) in [7, 11) is 0. The second kappa shape index (κ2) is 12.1. The summed E-state index contributed by atoms with van der Waals surface area (Å²) in [5, 5.41) is 16.0. The van der Waals surface area contributed by atoms with Crippen molar-refractivity contribution in [3.05, 3.63) is 11.8 Å². The minimum absolute atomic E-state index is 0. The van der Waals surface area contributed by atoms with Crippen molar-refractivity contribution in [1.29, 1.82) is 5.41 Å². The summed E-state index contributed by atoms with van der Waals surface area (Å²) in [6.07, 6.45) is 11.3. The smallest absolute Gasteiger partial charge is 0.137 e. The maximum absolute atomic E-state index is 10.7. The van der Waals surface area contributed by atoms with Gasteiger partial charge in [-0.05, 0) is 32.4 Å². The molecule has 0 saturated carbocycles. The van der Waals surface area contributed by atoms with Gasteiger partial charge in [0.1, 0.15) is 17.9 Å². The van der Waals surface area contributed by atoms with E-state index in [4.69, 9.17) is 11.1 Å². The molecule has 0 aromatic heterocycles. The number of aldehydes is 1. The molecule has 0 aromatic rings. The monoisotopic (exact) mass is 341 g/mol. The standard InChI is InChI=1S/C12H23NO.C7H14N2O.H2/c1-2-3-4-5-6-9-13-10-7-8-12(13)11-14;1-7(2,3)5(10)4-6(8)9;/h11-12H,2-10H2,1H3;4,10H,1-3H3,(H3,8,9);1H/b;5-4-;/t12-;;/m0../s1. The minimum atomic E-state index is -0.314. The molecule has 0 radical (unpaired) electrons. The van der Waals surface area contributed by atoms with E-state index in [1.54, 1.807) is 0 Å². The van der Waals surface area contributed by atoms with Crippen molar-refractivity contribution in [1.82, 2.24) is 4.90 Å². The summed E-state index contributed by atoms with van der Waals surface area (Å²) in [5.41, 5.74) is 4.72. The summed E-state index contributed by atoms with van der Waals surface area (Å²) in [4.78, 5) is 13.1. The SMILES string of the molecule is CC(C)(C)/C(O)=C/C(=N)N.CCCCCCCN1CCC[C@H]1C=O.[HH]. The molecule has 142 valence electrons. The molecule has 0 aromatic carbocycles. The maximum Gasteiger partial charge on any atom is 0.137 e. The van der Waals surface area contributed by atoms with Crippen molar-refractivity contribution in [2.24, 2.45) is 11.1 Å². The number of allylic oxidation sites excluding steroid dienone is 1. The van der Waals surface area contributed by atoms with E-state index in [1.807, 2.05) is 20.8 Å². The van der Waals surface area contributed by atoms with Gasteiger partial charge in [-0.2, -0.15) is 0 Å². The number of aliphatic hydroxyl groups is 1. The highest BCUT2D eigenvalue weighted by atomic mass is 16.3. The summed E-state index contributed by atoms with van der Waals surface area (Å²) < 4.78 is 0. The zero-order valence-electron chi connectivity index (χ0n) is 16.0. The molecule has 0 amide bonds. The molecule has 1 saturated heterocycles. The molecular weight excluding hydrogens is 302 g/mol. The molecule has 1 fully saturated rings. The van der Waals surface area contributed by atoms with Crippen molar-refractivity contribution in [2.75, 3.05) is 13.1 Å². The molecule has 1 aliphatic rings. The molecule has 1 rings (SSSR count). The first-order chi connectivity index (χ1) is 11.2. The predicted octanol–water partition coefficient (Wildman–Crippen LogP) is 4.28. The summed E-state index contributed by atoms with van der Waals surface area (Å²) in [6.45, 7) is 10.1. The van der Waals surface area contributed by atoms with Crippen molar-refractivity contribution in [2.45, 2.75) is 78.7 Å². The molecule has 5 nitrogen and oxygen atoms in total. The molecule has 1 aliphatic heterocycles. The van der Waals surface area contributed by atoms with Crippen LogP contribution in [0.15, 0.2) is 11.8 Å². The van der Waals surface area contributed by atoms with E-state index in [-0.39, 0.29) is 24.5 Å². The fraction of sp³-hybridized carbons (Fsp3) is 0.789. The van der Waals surface area contributed by atoms with Gasteiger partial charge in [-0.3, -0.25) is 10.3 Å². The van der Waals surface area contributed by atoms with Crippen molar-refractivity contribution in [3.63, 3.8) is 0 Å². The average molecular weight is 342 g/mol. The summed E-state index contributed by atoms with van der Waals surface area (Å²) in [6, 6.07) is 0.237. The number of aliphatic hydroxyl groups excluding tert-OH is 1. The molecule has 4 N–H and O–H groups in total. The van der Waals surface area contributed by atoms with Crippen LogP contribution in [0.4, 0.5) is 0 Å². The number of nitrogens with zero attached hydrogens (tertiary/aromatic N) is 1. The quantitative estimate of drug-likeness (QED) is 0.202. The highest BCUT2D eigenvalue weighted by Gasteiger charge is 2.22. The number of likely N-dealkylation sites (tertiary alicyclic amines) is 1. The fourth-order valence-electron chi connectivity index (χ4n) is 2.57. The number of carbonyl (C=O) groups is 1. The van der Waals surface area contributed by atoms with Crippen LogP contribution in [-0.4, -0.2) is 41.3 Å². The number of carbonyl (C=O) groups excluding carboxylic acids is 1. The predicted molar refractivity (Wildman–Crippen MR) is 104 cm³/mol. The number of hydrogen-bond acceptors (Lipinski definition) is 4. The molecule has 24 heavy (non-hydrogen) atoms. The Labute approximate surface area is 149 Å². The van der Waals surface area contributed by atoms with Crippen LogP contribution in [0, 0.1) is 10.8 Å². The number of amidine groups is 1. The Morgan fingerprint density at radius 3 is 2.42 bits per heavy atom. The van der Waals surface area contributed by atoms with E-state index < -0.39 is 0 Å². The van der Waals surface area contributed by atoms with E-state index in [1.165, 1.54) is 44.6 Å². The fourth-order valence-corrected chi connectivity index (χ4v) is 2.57. The molecule has 0 unspecified atom stereocenters. The van der Waals surface area contributed by atoms with Crippen LogP contribution >= 0.6 is 0 Å². The van der Waals surface area contributed by atoms with Gasteiger partial charge in [-0.25, -0.2) is 0 Å². The molecule has 0 bridgehead atoms. The maximum atomic E-state index is 10.7. The Morgan fingerprint density at radius 1 is 1.33 bits per heavy atom. The third-order valence-electron chi connectivity index (χ3n) is 4.18. The van der Waals surface area contributed by atoms with Crippen LogP contribution in [0.2, 0.25) is 0 Å². The number of nitrogens with two attached hydrogens (primary N) is 1. The van der Waals surface area contributed by atoms with Gasteiger partial charge in [0.15, 0.2) is 0 Å². The highest BCUT2D eigenvalue weighted by Crippen LogP contribution is 2.21. The Bertz CT molecular complexity index is 406. The molecule has 0 spiro atoms. The first kappa shape index (κ1) is 22.6. The largest absolute Gasteiger partial charge is 0.512 e. The van der Waals surface area contributed by atoms with E-state index in [2.05, 4.69) is 11.8 Å². The van der Waals surface area contributed by atoms with Gasteiger partial charge in [-0.1, -0.05) is 53.4 Å². The summed E-state index contributed by atoms with van der Waals surface area (Å²) in [5.74, 6) is 0.0208. The summed E-state index contributed by atoms with van der Waals surface area (Å²) >= 11 is 0. The second-order valence-electron chi connectivity index (χ2n) is 7.53. The van der Waals surface area contributed by atoms with E-state index in [9.17, 15) is 9.90 Å².